The first-order valence-electron chi connectivity index (χ1n) is 5.93. The summed E-state index contributed by atoms with van der Waals surface area (Å²) < 4.78 is 5.19. The number of anilines is 1. The average Bonchev–Trinajstić information content (AvgIpc) is 2.42. The fraction of sp³-hybridized carbons (Fsp3) is 0.636. The zero-order valence-corrected chi connectivity index (χ0v) is 14.5. The van der Waals surface area contributed by atoms with Crippen LogP contribution in [0.4, 0.5) is 5.82 Å². The quantitative estimate of drug-likeness (QED) is 0.811. The average molecular weight is 308 g/mol. The molecule has 0 radical (unpaired) electrons. The Morgan fingerprint density at radius 1 is 1.21 bits per heavy atom. The summed E-state index contributed by atoms with van der Waals surface area (Å²) in [6.45, 7) is 14.1. The van der Waals surface area contributed by atoms with Gasteiger partial charge in [0.1, 0.15) is 33.9 Å². The van der Waals surface area contributed by atoms with Crippen LogP contribution in [0.5, 0.6) is 0 Å². The summed E-state index contributed by atoms with van der Waals surface area (Å²) in [5, 5.41) is 12.1. The molecule has 0 aromatic carbocycles. The van der Waals surface area contributed by atoms with Crippen molar-refractivity contribution >= 4 is 51.8 Å². The second kappa shape index (κ2) is 8.24. The molecule has 3 N–H and O–H groups in total. The third-order valence-corrected chi connectivity index (χ3v) is 7.86. The zero-order valence-electron chi connectivity index (χ0n) is 12.5. The molecule has 1 aromatic rings. The van der Waals surface area contributed by atoms with Crippen molar-refractivity contribution in [1.29, 1.82) is 5.26 Å². The summed E-state index contributed by atoms with van der Waals surface area (Å²) in [6.07, 6.45) is 1.44. The Bertz CT molecular complexity index is 414. The normalized spacial score (nSPS) is 10.8. The van der Waals surface area contributed by atoms with Gasteiger partial charge in [0.15, 0.2) is 0 Å². The van der Waals surface area contributed by atoms with Crippen LogP contribution in [0.15, 0.2) is 6.20 Å². The summed E-state index contributed by atoms with van der Waals surface area (Å²) in [6, 6.07) is 1.91. The molecule has 0 unspecified atom stereocenters. The van der Waals surface area contributed by atoms with E-state index in [1.807, 2.05) is 6.07 Å². The van der Waals surface area contributed by atoms with Gasteiger partial charge < -0.3 is 10.4 Å². The van der Waals surface area contributed by atoms with Gasteiger partial charge in [0.05, 0.1) is 6.20 Å². The Hall–Kier alpha value is -0.106. The molecule has 0 bridgehead atoms. The number of rotatable bonds is 2. The van der Waals surface area contributed by atoms with Gasteiger partial charge in [-0.15, -0.1) is 0 Å². The monoisotopic (exact) mass is 307 g/mol. The number of nitrogen functional groups attached to an aromatic ring is 1. The molecule has 0 aliphatic carbocycles. The van der Waals surface area contributed by atoms with Crippen molar-refractivity contribution < 1.29 is 0 Å². The molecule has 1 rings (SSSR count). The number of aryl methyl sites for hydroxylation is 1. The van der Waals surface area contributed by atoms with Crippen LogP contribution in [-0.4, -0.2) is 55.8 Å². The van der Waals surface area contributed by atoms with E-state index in [1.165, 1.54) is 10.9 Å². The van der Waals surface area contributed by atoms with Crippen LogP contribution in [0.2, 0.25) is 39.3 Å². The first kappa shape index (κ1) is 21.2. The Morgan fingerprint density at radius 2 is 1.63 bits per heavy atom. The van der Waals surface area contributed by atoms with Crippen molar-refractivity contribution in [2.45, 2.75) is 39.3 Å². The van der Waals surface area contributed by atoms with Crippen LogP contribution < -0.4 is 10.4 Å². The molecule has 0 fully saturated rings. The van der Waals surface area contributed by atoms with E-state index >= 15 is 0 Å². The third-order valence-electron chi connectivity index (χ3n) is 1.86. The second-order valence-electron chi connectivity index (χ2n) is 6.30. The number of nitrogens with two attached hydrogens (primary N) is 1. The van der Waals surface area contributed by atoms with Crippen LogP contribution in [0.3, 0.4) is 0 Å². The number of nitriles is 1. The van der Waals surface area contributed by atoms with Crippen LogP contribution >= 0.6 is 0 Å². The Balaban J connectivity index is 0. The topological polar surface area (TPSA) is 79.7 Å². The van der Waals surface area contributed by atoms with Gasteiger partial charge in [0.25, 0.3) is 0 Å². The van der Waals surface area contributed by atoms with E-state index in [2.05, 4.69) is 49.0 Å². The van der Waals surface area contributed by atoms with Gasteiger partial charge in [-0.3, -0.25) is 4.68 Å². The maximum absolute atomic E-state index is 8.35. The Kier molecular flexibility index (Phi) is 9.19. The van der Waals surface area contributed by atoms with E-state index < -0.39 is 16.5 Å². The van der Waals surface area contributed by atoms with Gasteiger partial charge in [-0.1, -0.05) is 39.3 Å². The standard InChI is InChI=1S/C6H19NSi2.C5H6N4.Na.H/c1-8(2,3)7-9(4,5)6;1-9-5(7)4(2-6)3-8-9;;/h7H,1-6H3;3H,7H2,1H3;;. The number of nitrogens with one attached hydrogen (secondary N) is 1. The molecule has 5 nitrogen and oxygen atoms in total. The number of nitrogens with zero attached hydrogens (tertiary/aromatic N) is 3. The van der Waals surface area contributed by atoms with Crippen molar-refractivity contribution in [1.82, 2.24) is 14.4 Å². The molecule has 0 aliphatic heterocycles. The second-order valence-corrected chi connectivity index (χ2v) is 16.3. The van der Waals surface area contributed by atoms with Gasteiger partial charge in [-0.2, -0.15) is 10.4 Å². The van der Waals surface area contributed by atoms with Gasteiger partial charge in [-0.05, 0) is 0 Å². The predicted octanol–water partition coefficient (Wildman–Crippen LogP) is 1.47. The van der Waals surface area contributed by atoms with E-state index in [-0.39, 0.29) is 29.6 Å². The summed E-state index contributed by atoms with van der Waals surface area (Å²) in [5.74, 6) is 0.414. The number of hydrogen-bond donors (Lipinski definition) is 2. The summed E-state index contributed by atoms with van der Waals surface area (Å²) in [7, 11) is -0.271. The van der Waals surface area contributed by atoms with E-state index in [0.717, 1.165) is 0 Å². The molecule has 104 valence electrons. The fourth-order valence-corrected chi connectivity index (χ4v) is 10.7. The van der Waals surface area contributed by atoms with Crippen molar-refractivity contribution in [3.8, 4) is 6.07 Å². The first-order valence-corrected chi connectivity index (χ1v) is 12.9. The van der Waals surface area contributed by atoms with Crippen LogP contribution in [0, 0.1) is 11.3 Å². The Morgan fingerprint density at radius 3 is 1.74 bits per heavy atom. The van der Waals surface area contributed by atoms with Gasteiger partial charge >= 0.3 is 29.6 Å². The Labute approximate surface area is 141 Å². The molecular weight excluding hydrogens is 281 g/mol. The van der Waals surface area contributed by atoms with Crippen molar-refractivity contribution in [3.05, 3.63) is 11.8 Å². The summed E-state index contributed by atoms with van der Waals surface area (Å²) in [5.41, 5.74) is 5.82. The SMILES string of the molecule is C[Si](C)(C)N[Si](C)(C)C.Cn1ncc(C#N)c1N.[NaH]. The van der Waals surface area contributed by atoms with Crippen molar-refractivity contribution in [3.63, 3.8) is 0 Å². The summed E-state index contributed by atoms with van der Waals surface area (Å²) >= 11 is 0. The minimum atomic E-state index is -0.981. The van der Waals surface area contributed by atoms with Crippen LogP contribution in [0.25, 0.3) is 0 Å². The predicted molar refractivity (Wildman–Crippen MR) is 89.3 cm³/mol. The molecule has 0 saturated carbocycles. The molecule has 1 heterocycles. The molecule has 0 amide bonds. The van der Waals surface area contributed by atoms with Crippen molar-refractivity contribution in [2.75, 3.05) is 5.73 Å². The molecule has 0 aliphatic rings. The molecule has 0 saturated heterocycles. The third kappa shape index (κ3) is 10.4. The van der Waals surface area contributed by atoms with Crippen LogP contribution in [-0.2, 0) is 7.05 Å². The van der Waals surface area contributed by atoms with Crippen molar-refractivity contribution in [2.24, 2.45) is 7.05 Å². The van der Waals surface area contributed by atoms with Gasteiger partial charge in [0, 0.05) is 7.05 Å². The van der Waals surface area contributed by atoms with E-state index in [0.29, 0.717) is 11.4 Å². The van der Waals surface area contributed by atoms with Gasteiger partial charge in [-0.25, -0.2) is 0 Å². The zero-order chi connectivity index (χ0) is 14.6. The van der Waals surface area contributed by atoms with Crippen LogP contribution in [0.1, 0.15) is 5.56 Å². The van der Waals surface area contributed by atoms with E-state index in [4.69, 9.17) is 11.0 Å². The van der Waals surface area contributed by atoms with E-state index in [9.17, 15) is 0 Å². The number of aromatic nitrogens is 2. The molecule has 1 aromatic heterocycles. The summed E-state index contributed by atoms with van der Waals surface area (Å²) in [4.78, 5) is 0. The molecule has 0 spiro atoms. The molecule has 0 atom stereocenters. The van der Waals surface area contributed by atoms with Gasteiger partial charge in [0.2, 0.25) is 0 Å². The molecular formula is C11H26N5NaSi2. The minimum absolute atomic E-state index is 0. The fourth-order valence-electron chi connectivity index (χ4n) is 1.66. The molecule has 8 heteroatoms. The molecule has 19 heavy (non-hydrogen) atoms. The number of hydrogen-bond acceptors (Lipinski definition) is 4. The van der Waals surface area contributed by atoms with E-state index in [1.54, 1.807) is 7.05 Å². The maximum atomic E-state index is 8.35. The first-order chi connectivity index (χ1) is 7.96.